The number of halogens is 2. The normalized spacial score (nSPS) is 10.6. The number of hydrogen-bond acceptors (Lipinski definition) is 2. The summed E-state index contributed by atoms with van der Waals surface area (Å²) in [7, 11) is 0. The van der Waals surface area contributed by atoms with Crippen molar-refractivity contribution in [2.45, 2.75) is 26.3 Å². The molecule has 0 aromatic heterocycles. The minimum atomic E-state index is 0.0392. The summed E-state index contributed by atoms with van der Waals surface area (Å²) in [5.41, 5.74) is 3.50. The molecule has 0 spiro atoms. The number of carbonyl (C=O) groups excluding carboxylic acids is 1. The second-order valence-electron chi connectivity index (χ2n) is 5.69. The SMILES string of the molecule is Cc1ccccc1CNCCC(=O)NCCc1ccc(Cl)cc1Cl. The standard InChI is InChI=1S/C19H22Cl2N2O/c1-14-4-2-3-5-16(14)13-22-10-9-19(24)23-11-8-15-6-7-17(20)12-18(15)21/h2-7,12,22H,8-11,13H2,1H3,(H,23,24). The first-order valence-electron chi connectivity index (χ1n) is 8.02. The molecule has 24 heavy (non-hydrogen) atoms. The van der Waals surface area contributed by atoms with Crippen molar-refractivity contribution in [2.24, 2.45) is 0 Å². The Labute approximate surface area is 153 Å². The Kier molecular flexibility index (Phi) is 7.57. The molecule has 2 N–H and O–H groups in total. The van der Waals surface area contributed by atoms with Gasteiger partial charge in [-0.05, 0) is 42.2 Å². The maximum atomic E-state index is 11.8. The zero-order chi connectivity index (χ0) is 17.4. The van der Waals surface area contributed by atoms with Crippen molar-refractivity contribution in [3.05, 3.63) is 69.2 Å². The van der Waals surface area contributed by atoms with Gasteiger partial charge in [0, 0.05) is 36.1 Å². The lowest BCUT2D eigenvalue weighted by atomic mass is 10.1. The summed E-state index contributed by atoms with van der Waals surface area (Å²) in [5, 5.41) is 7.47. The van der Waals surface area contributed by atoms with Crippen LogP contribution in [0, 0.1) is 6.92 Å². The topological polar surface area (TPSA) is 41.1 Å². The Morgan fingerprint density at radius 1 is 1.04 bits per heavy atom. The van der Waals surface area contributed by atoms with Crippen LogP contribution in [-0.2, 0) is 17.8 Å². The molecule has 5 heteroatoms. The first kappa shape index (κ1) is 18.8. The van der Waals surface area contributed by atoms with Gasteiger partial charge in [-0.2, -0.15) is 0 Å². The molecular formula is C19H22Cl2N2O. The molecule has 2 aromatic carbocycles. The van der Waals surface area contributed by atoms with Gasteiger partial charge >= 0.3 is 0 Å². The van der Waals surface area contributed by atoms with Crippen LogP contribution in [-0.4, -0.2) is 19.0 Å². The van der Waals surface area contributed by atoms with Gasteiger partial charge in [0.05, 0.1) is 0 Å². The second kappa shape index (κ2) is 9.67. The van der Waals surface area contributed by atoms with Crippen molar-refractivity contribution >= 4 is 29.1 Å². The highest BCUT2D eigenvalue weighted by atomic mass is 35.5. The fraction of sp³-hybridized carbons (Fsp3) is 0.316. The average Bonchev–Trinajstić information content (AvgIpc) is 2.55. The summed E-state index contributed by atoms with van der Waals surface area (Å²) in [5.74, 6) is 0.0392. The zero-order valence-electron chi connectivity index (χ0n) is 13.7. The summed E-state index contributed by atoms with van der Waals surface area (Å²) < 4.78 is 0. The van der Waals surface area contributed by atoms with E-state index in [1.165, 1.54) is 11.1 Å². The quantitative estimate of drug-likeness (QED) is 0.691. The van der Waals surface area contributed by atoms with Crippen LogP contribution in [0.3, 0.4) is 0 Å². The summed E-state index contributed by atoms with van der Waals surface area (Å²) in [4.78, 5) is 11.8. The average molecular weight is 365 g/mol. The molecule has 0 aliphatic carbocycles. The minimum Gasteiger partial charge on any atom is -0.356 e. The lowest BCUT2D eigenvalue weighted by Crippen LogP contribution is -2.29. The van der Waals surface area contributed by atoms with Crippen molar-refractivity contribution in [1.82, 2.24) is 10.6 Å². The molecule has 2 aromatic rings. The Morgan fingerprint density at radius 3 is 2.58 bits per heavy atom. The lowest BCUT2D eigenvalue weighted by Gasteiger charge is -2.09. The van der Waals surface area contributed by atoms with Crippen LogP contribution in [0.1, 0.15) is 23.1 Å². The minimum absolute atomic E-state index is 0.0392. The molecule has 0 radical (unpaired) electrons. The van der Waals surface area contributed by atoms with E-state index in [4.69, 9.17) is 23.2 Å². The van der Waals surface area contributed by atoms with Gasteiger partial charge in [0.25, 0.3) is 0 Å². The van der Waals surface area contributed by atoms with Crippen molar-refractivity contribution < 1.29 is 4.79 Å². The highest BCUT2D eigenvalue weighted by Crippen LogP contribution is 2.21. The van der Waals surface area contributed by atoms with E-state index >= 15 is 0 Å². The molecule has 0 fully saturated rings. The Morgan fingerprint density at radius 2 is 1.83 bits per heavy atom. The van der Waals surface area contributed by atoms with E-state index < -0.39 is 0 Å². The number of hydrogen-bond donors (Lipinski definition) is 2. The first-order valence-corrected chi connectivity index (χ1v) is 8.77. The summed E-state index contributed by atoms with van der Waals surface area (Å²) in [6.45, 7) is 4.09. The molecule has 0 atom stereocenters. The number of aryl methyl sites for hydroxylation is 1. The lowest BCUT2D eigenvalue weighted by molar-refractivity contribution is -0.120. The monoisotopic (exact) mass is 364 g/mol. The molecule has 128 valence electrons. The summed E-state index contributed by atoms with van der Waals surface area (Å²) >= 11 is 12.0. The van der Waals surface area contributed by atoms with Crippen molar-refractivity contribution in [3.8, 4) is 0 Å². The predicted octanol–water partition coefficient (Wildman–Crippen LogP) is 4.14. The summed E-state index contributed by atoms with van der Waals surface area (Å²) in [6, 6.07) is 13.7. The molecule has 1 amide bonds. The maximum absolute atomic E-state index is 11.8. The third-order valence-electron chi connectivity index (χ3n) is 3.84. The van der Waals surface area contributed by atoms with Gasteiger partial charge in [0.1, 0.15) is 0 Å². The van der Waals surface area contributed by atoms with E-state index in [0.717, 1.165) is 12.1 Å². The molecule has 0 aliphatic heterocycles. The molecule has 2 rings (SSSR count). The van der Waals surface area contributed by atoms with Gasteiger partial charge in [-0.1, -0.05) is 53.5 Å². The number of rotatable bonds is 8. The van der Waals surface area contributed by atoms with Crippen LogP contribution < -0.4 is 10.6 Å². The van der Waals surface area contributed by atoms with E-state index in [9.17, 15) is 4.79 Å². The first-order chi connectivity index (χ1) is 11.6. The third kappa shape index (κ3) is 6.16. The molecule has 0 saturated heterocycles. The van der Waals surface area contributed by atoms with E-state index in [0.29, 0.717) is 36.0 Å². The molecule has 3 nitrogen and oxygen atoms in total. The molecule has 0 bridgehead atoms. The smallest absolute Gasteiger partial charge is 0.221 e. The number of carbonyl (C=O) groups is 1. The Bertz CT molecular complexity index is 689. The van der Waals surface area contributed by atoms with Gasteiger partial charge in [-0.15, -0.1) is 0 Å². The second-order valence-corrected chi connectivity index (χ2v) is 6.53. The zero-order valence-corrected chi connectivity index (χ0v) is 15.3. The Balaban J connectivity index is 1.62. The largest absolute Gasteiger partial charge is 0.356 e. The van der Waals surface area contributed by atoms with Gasteiger partial charge in [0.2, 0.25) is 5.91 Å². The van der Waals surface area contributed by atoms with Crippen LogP contribution in [0.2, 0.25) is 10.0 Å². The molecule has 0 aliphatic rings. The van der Waals surface area contributed by atoms with Crippen molar-refractivity contribution in [2.75, 3.05) is 13.1 Å². The van der Waals surface area contributed by atoms with E-state index in [-0.39, 0.29) is 5.91 Å². The third-order valence-corrected chi connectivity index (χ3v) is 4.42. The number of nitrogens with one attached hydrogen (secondary N) is 2. The van der Waals surface area contributed by atoms with E-state index in [2.05, 4.69) is 29.7 Å². The van der Waals surface area contributed by atoms with Crippen LogP contribution in [0.25, 0.3) is 0 Å². The van der Waals surface area contributed by atoms with Crippen molar-refractivity contribution in [3.63, 3.8) is 0 Å². The van der Waals surface area contributed by atoms with Gasteiger partial charge in [0.15, 0.2) is 0 Å². The van der Waals surface area contributed by atoms with Gasteiger partial charge in [-0.3, -0.25) is 4.79 Å². The van der Waals surface area contributed by atoms with E-state index in [1.807, 2.05) is 18.2 Å². The predicted molar refractivity (Wildman–Crippen MR) is 101 cm³/mol. The molecule has 0 unspecified atom stereocenters. The van der Waals surface area contributed by atoms with E-state index in [1.54, 1.807) is 12.1 Å². The molecular weight excluding hydrogens is 343 g/mol. The summed E-state index contributed by atoms with van der Waals surface area (Å²) in [6.07, 6.45) is 1.15. The van der Waals surface area contributed by atoms with Crippen LogP contribution in [0.15, 0.2) is 42.5 Å². The number of benzene rings is 2. The van der Waals surface area contributed by atoms with Crippen molar-refractivity contribution in [1.29, 1.82) is 0 Å². The Hall–Kier alpha value is -1.55. The number of amides is 1. The van der Waals surface area contributed by atoms with Crippen LogP contribution in [0.5, 0.6) is 0 Å². The fourth-order valence-electron chi connectivity index (χ4n) is 2.38. The fourth-order valence-corrected chi connectivity index (χ4v) is 2.89. The molecule has 0 saturated carbocycles. The van der Waals surface area contributed by atoms with Gasteiger partial charge in [-0.25, -0.2) is 0 Å². The molecule has 0 heterocycles. The van der Waals surface area contributed by atoms with Crippen LogP contribution in [0.4, 0.5) is 0 Å². The maximum Gasteiger partial charge on any atom is 0.221 e. The van der Waals surface area contributed by atoms with Crippen LogP contribution >= 0.6 is 23.2 Å². The highest BCUT2D eigenvalue weighted by Gasteiger charge is 2.04. The highest BCUT2D eigenvalue weighted by molar-refractivity contribution is 6.35. The van der Waals surface area contributed by atoms with Gasteiger partial charge < -0.3 is 10.6 Å².